The van der Waals surface area contributed by atoms with Gasteiger partial charge in [0.25, 0.3) is 0 Å². The smallest absolute Gasteiger partial charge is 0.406 e. The summed E-state index contributed by atoms with van der Waals surface area (Å²) in [6, 6.07) is 0. The minimum Gasteiger partial charge on any atom is -0.481 e. The molecule has 7 heteroatoms. The molecule has 116 valence electrons. The fourth-order valence-corrected chi connectivity index (χ4v) is 2.82. The summed E-state index contributed by atoms with van der Waals surface area (Å²) in [6.07, 6.45) is -3.00. The van der Waals surface area contributed by atoms with Crippen LogP contribution in [0.15, 0.2) is 0 Å². The maximum Gasteiger partial charge on any atom is 0.406 e. The number of hydrogen-bond acceptors (Lipinski definition) is 2. The van der Waals surface area contributed by atoms with E-state index in [1.165, 1.54) is 6.92 Å². The molecule has 1 fully saturated rings. The molecule has 1 amide bonds. The lowest BCUT2D eigenvalue weighted by Gasteiger charge is -2.27. The van der Waals surface area contributed by atoms with E-state index < -0.39 is 36.4 Å². The van der Waals surface area contributed by atoms with Crippen LogP contribution in [0.3, 0.4) is 0 Å². The standard InChI is InChI=1S/C13H20F3NO3/c1-3-8-5-9(10(6-8)12(19)20)11(18)17(4-2)7-13(14,15)16/h8-10H,3-7H2,1-2H3,(H,19,20)/t8?,9-,10+/m0/s1. The average Bonchev–Trinajstić information content (AvgIpc) is 2.78. The third kappa shape index (κ3) is 4.11. The number of hydrogen-bond donors (Lipinski definition) is 1. The lowest BCUT2D eigenvalue weighted by atomic mass is 9.94. The first-order valence-electron chi connectivity index (χ1n) is 6.77. The molecule has 0 spiro atoms. The fourth-order valence-electron chi connectivity index (χ4n) is 2.82. The highest BCUT2D eigenvalue weighted by atomic mass is 19.4. The molecule has 1 aliphatic carbocycles. The second kappa shape index (κ2) is 6.45. The van der Waals surface area contributed by atoms with Crippen molar-refractivity contribution in [3.63, 3.8) is 0 Å². The van der Waals surface area contributed by atoms with E-state index in [1.807, 2.05) is 6.92 Å². The van der Waals surface area contributed by atoms with Crippen molar-refractivity contribution in [3.8, 4) is 0 Å². The van der Waals surface area contributed by atoms with Gasteiger partial charge in [-0.15, -0.1) is 0 Å². The van der Waals surface area contributed by atoms with Gasteiger partial charge >= 0.3 is 12.1 Å². The second-order valence-electron chi connectivity index (χ2n) is 5.26. The highest BCUT2D eigenvalue weighted by Gasteiger charge is 2.45. The summed E-state index contributed by atoms with van der Waals surface area (Å²) in [5, 5.41) is 9.14. The molecule has 0 aromatic rings. The molecule has 0 saturated heterocycles. The Morgan fingerprint density at radius 1 is 1.20 bits per heavy atom. The van der Waals surface area contributed by atoms with Gasteiger partial charge in [-0.2, -0.15) is 13.2 Å². The third-order valence-corrected chi connectivity index (χ3v) is 3.94. The van der Waals surface area contributed by atoms with Crippen LogP contribution in [-0.2, 0) is 9.59 Å². The van der Waals surface area contributed by atoms with Crippen molar-refractivity contribution in [2.75, 3.05) is 13.1 Å². The van der Waals surface area contributed by atoms with E-state index in [0.29, 0.717) is 17.7 Å². The van der Waals surface area contributed by atoms with Crippen LogP contribution in [0.1, 0.15) is 33.1 Å². The SMILES string of the molecule is CCC1C[C@H](C(=O)N(CC)CC(F)(F)F)[C@H](C(=O)O)C1. The number of carboxylic acid groups (broad SMARTS) is 1. The largest absolute Gasteiger partial charge is 0.481 e. The van der Waals surface area contributed by atoms with Crippen molar-refractivity contribution in [1.29, 1.82) is 0 Å². The summed E-state index contributed by atoms with van der Waals surface area (Å²) in [5.41, 5.74) is 0. The van der Waals surface area contributed by atoms with Crippen LogP contribution in [0.5, 0.6) is 0 Å². The van der Waals surface area contributed by atoms with Crippen LogP contribution in [0.2, 0.25) is 0 Å². The number of alkyl halides is 3. The quantitative estimate of drug-likeness (QED) is 0.848. The zero-order valence-corrected chi connectivity index (χ0v) is 11.6. The zero-order chi connectivity index (χ0) is 15.5. The van der Waals surface area contributed by atoms with Gasteiger partial charge in [0.1, 0.15) is 6.54 Å². The molecule has 0 heterocycles. The second-order valence-corrected chi connectivity index (χ2v) is 5.26. The molecule has 0 aromatic carbocycles. The number of rotatable bonds is 5. The number of aliphatic carboxylic acids is 1. The summed E-state index contributed by atoms with van der Waals surface area (Å²) >= 11 is 0. The normalized spacial score (nSPS) is 26.6. The van der Waals surface area contributed by atoms with Gasteiger partial charge in [0.2, 0.25) is 5.91 Å². The van der Waals surface area contributed by atoms with Crippen LogP contribution in [0.4, 0.5) is 13.2 Å². The van der Waals surface area contributed by atoms with E-state index in [2.05, 4.69) is 0 Å². The number of carboxylic acids is 1. The highest BCUT2D eigenvalue weighted by Crippen LogP contribution is 2.39. The van der Waals surface area contributed by atoms with Crippen molar-refractivity contribution >= 4 is 11.9 Å². The van der Waals surface area contributed by atoms with Crippen molar-refractivity contribution < 1.29 is 27.9 Å². The van der Waals surface area contributed by atoms with E-state index in [1.54, 1.807) is 0 Å². The van der Waals surface area contributed by atoms with Gasteiger partial charge in [0, 0.05) is 6.54 Å². The monoisotopic (exact) mass is 295 g/mol. The van der Waals surface area contributed by atoms with Gasteiger partial charge in [-0.25, -0.2) is 0 Å². The van der Waals surface area contributed by atoms with Crippen LogP contribution in [0.25, 0.3) is 0 Å². The van der Waals surface area contributed by atoms with Crippen molar-refractivity contribution in [3.05, 3.63) is 0 Å². The number of carbonyl (C=O) groups is 2. The molecule has 1 rings (SSSR count). The Bertz CT molecular complexity index is 370. The molecule has 0 aromatic heterocycles. The molecule has 3 atom stereocenters. The third-order valence-electron chi connectivity index (χ3n) is 3.94. The minimum atomic E-state index is -4.47. The lowest BCUT2D eigenvalue weighted by Crippen LogP contribution is -2.43. The molecular weight excluding hydrogens is 275 g/mol. The predicted octanol–water partition coefficient (Wildman–Crippen LogP) is 2.53. The number of halogens is 3. The summed E-state index contributed by atoms with van der Waals surface area (Å²) < 4.78 is 37.3. The Kier molecular flexibility index (Phi) is 5.42. The van der Waals surface area contributed by atoms with Crippen molar-refractivity contribution in [1.82, 2.24) is 4.90 Å². The van der Waals surface area contributed by atoms with E-state index in [-0.39, 0.29) is 12.5 Å². The Morgan fingerprint density at radius 3 is 2.15 bits per heavy atom. The number of amides is 1. The molecule has 0 radical (unpaired) electrons. The molecular formula is C13H20F3NO3. The topological polar surface area (TPSA) is 57.6 Å². The summed E-state index contributed by atoms with van der Waals surface area (Å²) in [4.78, 5) is 24.1. The molecule has 1 saturated carbocycles. The van der Waals surface area contributed by atoms with Gasteiger partial charge in [-0.05, 0) is 25.7 Å². The molecule has 0 aliphatic heterocycles. The van der Waals surface area contributed by atoms with Crippen LogP contribution >= 0.6 is 0 Å². The van der Waals surface area contributed by atoms with E-state index in [4.69, 9.17) is 5.11 Å². The van der Waals surface area contributed by atoms with E-state index in [0.717, 1.165) is 6.42 Å². The summed E-state index contributed by atoms with van der Waals surface area (Å²) in [6.45, 7) is 1.97. The van der Waals surface area contributed by atoms with Gasteiger partial charge in [0.05, 0.1) is 11.8 Å². The zero-order valence-electron chi connectivity index (χ0n) is 11.6. The fraction of sp³-hybridized carbons (Fsp3) is 0.846. The van der Waals surface area contributed by atoms with Gasteiger partial charge in [0.15, 0.2) is 0 Å². The van der Waals surface area contributed by atoms with E-state index >= 15 is 0 Å². The first kappa shape index (κ1) is 16.8. The van der Waals surface area contributed by atoms with Crippen molar-refractivity contribution in [2.24, 2.45) is 17.8 Å². The average molecular weight is 295 g/mol. The van der Waals surface area contributed by atoms with Gasteiger partial charge in [-0.1, -0.05) is 13.3 Å². The molecule has 0 bridgehead atoms. The number of nitrogens with zero attached hydrogens (tertiary/aromatic N) is 1. The van der Waals surface area contributed by atoms with Gasteiger partial charge in [-0.3, -0.25) is 9.59 Å². The van der Waals surface area contributed by atoms with Crippen molar-refractivity contribution in [2.45, 2.75) is 39.3 Å². The highest BCUT2D eigenvalue weighted by molar-refractivity contribution is 5.85. The Hall–Kier alpha value is -1.27. The maximum absolute atomic E-state index is 12.4. The number of carbonyl (C=O) groups excluding carboxylic acids is 1. The Labute approximate surface area is 115 Å². The van der Waals surface area contributed by atoms with Crippen LogP contribution < -0.4 is 0 Å². The molecule has 4 nitrogen and oxygen atoms in total. The first-order valence-corrected chi connectivity index (χ1v) is 6.77. The molecule has 1 aliphatic rings. The molecule has 20 heavy (non-hydrogen) atoms. The molecule has 1 unspecified atom stereocenters. The summed E-state index contributed by atoms with van der Waals surface area (Å²) in [7, 11) is 0. The van der Waals surface area contributed by atoms with Crippen LogP contribution in [0, 0.1) is 17.8 Å². The Morgan fingerprint density at radius 2 is 1.75 bits per heavy atom. The predicted molar refractivity (Wildman–Crippen MR) is 65.9 cm³/mol. The Balaban J connectivity index is 2.84. The lowest BCUT2D eigenvalue weighted by molar-refractivity contribution is -0.165. The first-order chi connectivity index (χ1) is 9.19. The van der Waals surface area contributed by atoms with Gasteiger partial charge < -0.3 is 10.0 Å². The minimum absolute atomic E-state index is 0.0715. The van der Waals surface area contributed by atoms with E-state index in [9.17, 15) is 22.8 Å². The maximum atomic E-state index is 12.4. The van der Waals surface area contributed by atoms with Crippen LogP contribution in [-0.4, -0.2) is 41.1 Å². The molecule has 1 N–H and O–H groups in total. The summed E-state index contributed by atoms with van der Waals surface area (Å²) in [5.74, 6) is -3.39.